The first-order valence-electron chi connectivity index (χ1n) is 7.01. The Morgan fingerprint density at radius 2 is 1.95 bits per heavy atom. The maximum Gasteiger partial charge on any atom is 0.111 e. The molecule has 0 aliphatic heterocycles. The minimum atomic E-state index is 0.911. The molecule has 0 atom stereocenters. The highest BCUT2D eigenvalue weighted by Gasteiger charge is 2.13. The van der Waals surface area contributed by atoms with E-state index in [0.29, 0.717) is 0 Å². The lowest BCUT2D eigenvalue weighted by molar-refractivity contribution is 0.770. The second-order valence-electron chi connectivity index (χ2n) is 5.26. The van der Waals surface area contributed by atoms with E-state index in [1.165, 1.54) is 4.70 Å². The number of rotatable bonds is 2. The van der Waals surface area contributed by atoms with E-state index in [1.807, 2.05) is 43.8 Å². The van der Waals surface area contributed by atoms with Crippen LogP contribution >= 0.6 is 11.3 Å². The third-order valence-corrected chi connectivity index (χ3v) is 4.60. The summed E-state index contributed by atoms with van der Waals surface area (Å²) in [6, 6.07) is 8.23. The minimum Gasteiger partial charge on any atom is -0.275 e. The number of thiophene rings is 1. The Balaban J connectivity index is 1.95. The van der Waals surface area contributed by atoms with Gasteiger partial charge in [-0.1, -0.05) is 0 Å². The van der Waals surface area contributed by atoms with E-state index in [0.717, 1.165) is 33.6 Å². The molecule has 4 aromatic rings. The van der Waals surface area contributed by atoms with Gasteiger partial charge in [0.1, 0.15) is 5.69 Å². The SMILES string of the molecule is Cc1cc2scc(-c3ccncc3)c2nc1-c1ccn(C)n1. The van der Waals surface area contributed by atoms with E-state index in [-0.39, 0.29) is 0 Å². The van der Waals surface area contributed by atoms with Crippen LogP contribution < -0.4 is 0 Å². The minimum absolute atomic E-state index is 0.911. The summed E-state index contributed by atoms with van der Waals surface area (Å²) in [6.07, 6.45) is 5.57. The standard InChI is InChI=1S/C17H14N4S/c1-11-9-15-17(19-16(11)14-5-8-21(2)20-14)13(10-22-15)12-3-6-18-7-4-12/h3-10H,1-2H3. The van der Waals surface area contributed by atoms with Crippen LogP contribution in [0.2, 0.25) is 0 Å². The van der Waals surface area contributed by atoms with E-state index in [4.69, 9.17) is 4.98 Å². The van der Waals surface area contributed by atoms with Crippen molar-refractivity contribution in [1.29, 1.82) is 0 Å². The van der Waals surface area contributed by atoms with Crippen LogP contribution in [0.3, 0.4) is 0 Å². The number of fused-ring (bicyclic) bond motifs is 1. The third-order valence-electron chi connectivity index (χ3n) is 3.68. The van der Waals surface area contributed by atoms with Crippen molar-refractivity contribution < 1.29 is 0 Å². The summed E-state index contributed by atoms with van der Waals surface area (Å²) in [5, 5.41) is 6.64. The number of pyridine rings is 2. The monoisotopic (exact) mass is 306 g/mol. The van der Waals surface area contributed by atoms with Gasteiger partial charge in [-0.15, -0.1) is 11.3 Å². The molecule has 0 spiro atoms. The van der Waals surface area contributed by atoms with Crippen LogP contribution in [0.15, 0.2) is 48.2 Å². The van der Waals surface area contributed by atoms with Crippen LogP contribution in [0, 0.1) is 6.92 Å². The highest BCUT2D eigenvalue weighted by atomic mass is 32.1. The average Bonchev–Trinajstić information content (AvgIpc) is 3.13. The lowest BCUT2D eigenvalue weighted by atomic mass is 10.1. The van der Waals surface area contributed by atoms with Gasteiger partial charge in [-0.2, -0.15) is 5.10 Å². The average molecular weight is 306 g/mol. The Labute approximate surface area is 132 Å². The number of nitrogens with zero attached hydrogens (tertiary/aromatic N) is 4. The topological polar surface area (TPSA) is 43.6 Å². The molecule has 0 radical (unpaired) electrons. The number of hydrogen-bond acceptors (Lipinski definition) is 4. The fraction of sp³-hybridized carbons (Fsp3) is 0.118. The van der Waals surface area contributed by atoms with E-state index in [9.17, 15) is 0 Å². The summed E-state index contributed by atoms with van der Waals surface area (Å²) in [6.45, 7) is 2.09. The van der Waals surface area contributed by atoms with Gasteiger partial charge in [-0.3, -0.25) is 9.67 Å². The molecular weight excluding hydrogens is 292 g/mol. The molecule has 0 fully saturated rings. The highest BCUT2D eigenvalue weighted by Crippen LogP contribution is 2.35. The summed E-state index contributed by atoms with van der Waals surface area (Å²) in [7, 11) is 1.92. The molecule has 0 aliphatic rings. The summed E-state index contributed by atoms with van der Waals surface area (Å²) >= 11 is 1.72. The van der Waals surface area contributed by atoms with Gasteiger partial charge >= 0.3 is 0 Å². The van der Waals surface area contributed by atoms with Crippen LogP contribution in [0.5, 0.6) is 0 Å². The maximum absolute atomic E-state index is 4.91. The first-order chi connectivity index (χ1) is 10.7. The van der Waals surface area contributed by atoms with Gasteiger partial charge in [-0.05, 0) is 42.3 Å². The smallest absolute Gasteiger partial charge is 0.111 e. The Bertz CT molecular complexity index is 953. The molecule has 0 saturated carbocycles. The molecule has 4 heterocycles. The van der Waals surface area contributed by atoms with Gasteiger partial charge in [0.15, 0.2) is 0 Å². The molecule has 0 aliphatic carbocycles. The molecule has 0 aromatic carbocycles. The van der Waals surface area contributed by atoms with Crippen molar-refractivity contribution in [3.63, 3.8) is 0 Å². The van der Waals surface area contributed by atoms with E-state index >= 15 is 0 Å². The van der Waals surface area contributed by atoms with E-state index < -0.39 is 0 Å². The first-order valence-corrected chi connectivity index (χ1v) is 7.89. The fourth-order valence-corrected chi connectivity index (χ4v) is 3.59. The lowest BCUT2D eigenvalue weighted by Crippen LogP contribution is -1.93. The van der Waals surface area contributed by atoms with Crippen molar-refractivity contribution in [1.82, 2.24) is 19.7 Å². The summed E-state index contributed by atoms with van der Waals surface area (Å²) in [5.41, 5.74) is 6.33. The Kier molecular flexibility index (Phi) is 3.01. The van der Waals surface area contributed by atoms with Gasteiger partial charge in [0.2, 0.25) is 0 Å². The van der Waals surface area contributed by atoms with Crippen molar-refractivity contribution in [2.24, 2.45) is 7.05 Å². The van der Waals surface area contributed by atoms with E-state index in [1.54, 1.807) is 16.0 Å². The van der Waals surface area contributed by atoms with Crippen LogP contribution in [-0.2, 0) is 7.05 Å². The molecule has 4 nitrogen and oxygen atoms in total. The molecule has 4 aromatic heterocycles. The molecule has 108 valence electrons. The van der Waals surface area contributed by atoms with Crippen molar-refractivity contribution >= 4 is 21.6 Å². The molecule has 0 N–H and O–H groups in total. The van der Waals surface area contributed by atoms with E-state index in [2.05, 4.69) is 28.5 Å². The zero-order chi connectivity index (χ0) is 15.1. The zero-order valence-corrected chi connectivity index (χ0v) is 13.1. The molecule has 0 saturated heterocycles. The molecule has 22 heavy (non-hydrogen) atoms. The van der Waals surface area contributed by atoms with Gasteiger partial charge < -0.3 is 0 Å². The zero-order valence-electron chi connectivity index (χ0n) is 12.3. The van der Waals surface area contributed by atoms with Crippen molar-refractivity contribution in [3.8, 4) is 22.5 Å². The van der Waals surface area contributed by atoms with Gasteiger partial charge in [-0.25, -0.2) is 4.98 Å². The summed E-state index contributed by atoms with van der Waals surface area (Å²) in [4.78, 5) is 9.00. The maximum atomic E-state index is 4.91. The number of aromatic nitrogens is 4. The second kappa shape index (κ2) is 5.03. The molecule has 0 amide bonds. The predicted octanol–water partition coefficient (Wildman–Crippen LogP) is 4.07. The molecule has 0 unspecified atom stereocenters. The Hall–Kier alpha value is -2.53. The summed E-state index contributed by atoms with van der Waals surface area (Å²) in [5.74, 6) is 0. The first kappa shape index (κ1) is 13.2. The van der Waals surface area contributed by atoms with Crippen LogP contribution in [0.25, 0.3) is 32.7 Å². The quantitative estimate of drug-likeness (QED) is 0.561. The largest absolute Gasteiger partial charge is 0.275 e. The predicted molar refractivity (Wildman–Crippen MR) is 89.8 cm³/mol. The molecule has 0 bridgehead atoms. The normalized spacial score (nSPS) is 11.2. The number of hydrogen-bond donors (Lipinski definition) is 0. The van der Waals surface area contributed by atoms with Crippen LogP contribution in [-0.4, -0.2) is 19.7 Å². The second-order valence-corrected chi connectivity index (χ2v) is 6.17. The lowest BCUT2D eigenvalue weighted by Gasteiger charge is -2.04. The van der Waals surface area contributed by atoms with Crippen molar-refractivity contribution in [3.05, 3.63) is 53.8 Å². The third kappa shape index (κ3) is 2.10. The molecule has 5 heteroatoms. The Morgan fingerprint density at radius 3 is 2.68 bits per heavy atom. The van der Waals surface area contributed by atoms with Gasteiger partial charge in [0, 0.05) is 36.6 Å². The molecular formula is C17H14N4S. The summed E-state index contributed by atoms with van der Waals surface area (Å²) < 4.78 is 3.00. The highest BCUT2D eigenvalue weighted by molar-refractivity contribution is 7.17. The van der Waals surface area contributed by atoms with Crippen molar-refractivity contribution in [2.45, 2.75) is 6.92 Å². The van der Waals surface area contributed by atoms with Crippen LogP contribution in [0.1, 0.15) is 5.56 Å². The van der Waals surface area contributed by atoms with Crippen molar-refractivity contribution in [2.75, 3.05) is 0 Å². The number of aryl methyl sites for hydroxylation is 2. The molecule has 4 rings (SSSR count). The fourth-order valence-electron chi connectivity index (χ4n) is 2.59. The van der Waals surface area contributed by atoms with Crippen LogP contribution in [0.4, 0.5) is 0 Å². The van der Waals surface area contributed by atoms with Gasteiger partial charge in [0.05, 0.1) is 15.9 Å². The van der Waals surface area contributed by atoms with Gasteiger partial charge in [0.25, 0.3) is 0 Å². The Morgan fingerprint density at radius 1 is 1.14 bits per heavy atom.